The highest BCUT2D eigenvalue weighted by Crippen LogP contribution is 2.59. The molecule has 0 aromatic rings. The molecule has 2 heterocycles. The second-order valence-electron chi connectivity index (χ2n) is 7.14. The number of nitrogens with zero attached hydrogens (tertiary/aromatic N) is 2. The fourth-order valence-electron chi connectivity index (χ4n) is 3.96. The van der Waals surface area contributed by atoms with Crippen molar-refractivity contribution in [3.8, 4) is 0 Å². The average Bonchev–Trinajstić information content (AvgIpc) is 3.10. The van der Waals surface area contributed by atoms with E-state index in [4.69, 9.17) is 0 Å². The van der Waals surface area contributed by atoms with Gasteiger partial charge in [-0.2, -0.15) is 0 Å². The molecule has 0 aromatic carbocycles. The molecular formula is C15H25N3O2. The van der Waals surface area contributed by atoms with Crippen LogP contribution in [-0.2, 0) is 9.59 Å². The maximum Gasteiger partial charge on any atom is 0.247 e. The quantitative estimate of drug-likeness (QED) is 0.758. The van der Waals surface area contributed by atoms with Crippen LogP contribution in [0.4, 0.5) is 0 Å². The van der Waals surface area contributed by atoms with Gasteiger partial charge >= 0.3 is 0 Å². The van der Waals surface area contributed by atoms with Gasteiger partial charge < -0.3 is 15.1 Å². The highest BCUT2D eigenvalue weighted by molar-refractivity contribution is 5.93. The Morgan fingerprint density at radius 3 is 2.55 bits per heavy atom. The molecule has 0 bridgehead atoms. The number of piperazine rings is 1. The van der Waals surface area contributed by atoms with E-state index in [1.165, 1.54) is 0 Å². The summed E-state index contributed by atoms with van der Waals surface area (Å²) in [5, 5.41) is 3.36. The van der Waals surface area contributed by atoms with Gasteiger partial charge in [0.2, 0.25) is 11.8 Å². The molecule has 1 saturated carbocycles. The number of amides is 2. The van der Waals surface area contributed by atoms with Crippen molar-refractivity contribution in [3.05, 3.63) is 0 Å². The number of hydrogen-bond donors (Lipinski definition) is 1. The molecule has 112 valence electrons. The van der Waals surface area contributed by atoms with Crippen LogP contribution in [0.2, 0.25) is 0 Å². The summed E-state index contributed by atoms with van der Waals surface area (Å²) in [7, 11) is 1.82. The lowest BCUT2D eigenvalue weighted by molar-refractivity contribution is -0.158. The predicted molar refractivity (Wildman–Crippen MR) is 76.1 cm³/mol. The fourth-order valence-corrected chi connectivity index (χ4v) is 3.96. The maximum absolute atomic E-state index is 12.8. The Labute approximate surface area is 120 Å². The van der Waals surface area contributed by atoms with Crippen molar-refractivity contribution >= 4 is 11.8 Å². The summed E-state index contributed by atoms with van der Waals surface area (Å²) in [5.41, 5.74) is -0.453. The Balaban J connectivity index is 1.73. The van der Waals surface area contributed by atoms with Crippen molar-refractivity contribution in [2.75, 3.05) is 33.2 Å². The predicted octanol–water partition coefficient (Wildman–Crippen LogP) is 0.455. The van der Waals surface area contributed by atoms with E-state index in [0.717, 1.165) is 32.4 Å². The maximum atomic E-state index is 12.8. The van der Waals surface area contributed by atoms with Crippen molar-refractivity contribution in [3.63, 3.8) is 0 Å². The monoisotopic (exact) mass is 279 g/mol. The van der Waals surface area contributed by atoms with Gasteiger partial charge in [-0.25, -0.2) is 0 Å². The molecule has 0 aromatic heterocycles. The third kappa shape index (κ3) is 1.94. The van der Waals surface area contributed by atoms with Gasteiger partial charge in [-0.05, 0) is 51.6 Å². The van der Waals surface area contributed by atoms with Gasteiger partial charge in [-0.3, -0.25) is 9.59 Å². The number of carbonyl (C=O) groups is 2. The molecule has 1 aliphatic carbocycles. The number of piperidine rings is 1. The minimum Gasteiger partial charge on any atom is -0.342 e. The summed E-state index contributed by atoms with van der Waals surface area (Å²) in [6.07, 6.45) is 3.22. The number of likely N-dealkylation sites (N-methyl/N-ethyl adjacent to an activating group) is 1. The highest BCUT2D eigenvalue weighted by atomic mass is 16.2. The number of carbonyl (C=O) groups excluding carboxylic acids is 2. The minimum atomic E-state index is -0.694. The van der Waals surface area contributed by atoms with Crippen molar-refractivity contribution < 1.29 is 9.59 Å². The van der Waals surface area contributed by atoms with E-state index in [9.17, 15) is 9.59 Å². The Bertz CT molecular complexity index is 440. The van der Waals surface area contributed by atoms with E-state index in [1.807, 2.05) is 25.8 Å². The molecule has 3 fully saturated rings. The molecule has 0 radical (unpaired) electrons. The van der Waals surface area contributed by atoms with Gasteiger partial charge in [0, 0.05) is 26.1 Å². The summed E-state index contributed by atoms with van der Waals surface area (Å²) in [6, 6.07) is 0. The van der Waals surface area contributed by atoms with E-state index >= 15 is 0 Å². The molecule has 1 atom stereocenters. The molecule has 1 N–H and O–H groups in total. The van der Waals surface area contributed by atoms with E-state index in [-0.39, 0.29) is 23.1 Å². The Hall–Kier alpha value is -1.10. The van der Waals surface area contributed by atoms with Gasteiger partial charge in [0.25, 0.3) is 0 Å². The molecular weight excluding hydrogens is 254 g/mol. The third-order valence-electron chi connectivity index (χ3n) is 5.56. The van der Waals surface area contributed by atoms with E-state index in [2.05, 4.69) is 5.32 Å². The van der Waals surface area contributed by atoms with Gasteiger partial charge in [0.1, 0.15) is 5.54 Å². The van der Waals surface area contributed by atoms with Gasteiger partial charge in [-0.15, -0.1) is 0 Å². The smallest absolute Gasteiger partial charge is 0.247 e. The first-order valence-corrected chi connectivity index (χ1v) is 7.66. The standard InChI is InChI=1S/C15H25N3O2/c1-14(2)13(20)17(3)8-9-18(14)12(19)11-10-15(11)4-6-16-7-5-15/h11,16H,4-10H2,1-3H3/t11-/m1/s1. The second-order valence-corrected chi connectivity index (χ2v) is 7.14. The lowest BCUT2D eigenvalue weighted by Crippen LogP contribution is -2.64. The molecule has 3 rings (SSSR count). The molecule has 20 heavy (non-hydrogen) atoms. The summed E-state index contributed by atoms with van der Waals surface area (Å²) < 4.78 is 0. The zero-order valence-corrected chi connectivity index (χ0v) is 12.7. The van der Waals surface area contributed by atoms with Crippen molar-refractivity contribution in [1.82, 2.24) is 15.1 Å². The molecule has 1 spiro atoms. The van der Waals surface area contributed by atoms with Crippen LogP contribution in [0.15, 0.2) is 0 Å². The zero-order chi connectivity index (χ0) is 14.5. The molecule has 2 aliphatic heterocycles. The number of rotatable bonds is 1. The lowest BCUT2D eigenvalue weighted by Gasteiger charge is -2.45. The normalized spacial score (nSPS) is 31.6. The SMILES string of the molecule is CN1CCN(C(=O)[C@H]2CC23CCNCC3)C(C)(C)C1=O. The van der Waals surface area contributed by atoms with Crippen LogP contribution in [0.25, 0.3) is 0 Å². The fraction of sp³-hybridized carbons (Fsp3) is 0.867. The van der Waals surface area contributed by atoms with Gasteiger partial charge in [0.15, 0.2) is 0 Å². The van der Waals surface area contributed by atoms with Crippen LogP contribution in [0, 0.1) is 11.3 Å². The van der Waals surface area contributed by atoms with Gasteiger partial charge in [0.05, 0.1) is 0 Å². The minimum absolute atomic E-state index is 0.0529. The summed E-state index contributed by atoms with van der Waals surface area (Å²) in [6.45, 7) is 7.11. The largest absolute Gasteiger partial charge is 0.342 e. The number of nitrogens with one attached hydrogen (secondary N) is 1. The zero-order valence-electron chi connectivity index (χ0n) is 12.7. The molecule has 0 unspecified atom stereocenters. The topological polar surface area (TPSA) is 52.6 Å². The van der Waals surface area contributed by atoms with Crippen LogP contribution in [0.5, 0.6) is 0 Å². The van der Waals surface area contributed by atoms with Crippen LogP contribution in [0.1, 0.15) is 33.1 Å². The molecule has 2 saturated heterocycles. The number of hydrogen-bond acceptors (Lipinski definition) is 3. The second kappa shape index (κ2) is 4.45. The van der Waals surface area contributed by atoms with E-state index in [0.29, 0.717) is 13.1 Å². The van der Waals surface area contributed by atoms with Crippen molar-refractivity contribution in [2.24, 2.45) is 11.3 Å². The molecule has 2 amide bonds. The first kappa shape index (κ1) is 13.9. The first-order valence-electron chi connectivity index (χ1n) is 7.66. The van der Waals surface area contributed by atoms with Crippen molar-refractivity contribution in [1.29, 1.82) is 0 Å². The summed E-state index contributed by atoms with van der Waals surface area (Å²) in [5.74, 6) is 0.413. The van der Waals surface area contributed by atoms with Crippen LogP contribution in [-0.4, -0.2) is 60.4 Å². The van der Waals surface area contributed by atoms with Crippen molar-refractivity contribution in [2.45, 2.75) is 38.6 Å². The Morgan fingerprint density at radius 2 is 1.90 bits per heavy atom. The van der Waals surface area contributed by atoms with Crippen LogP contribution in [0.3, 0.4) is 0 Å². The van der Waals surface area contributed by atoms with Crippen LogP contribution < -0.4 is 5.32 Å². The highest BCUT2D eigenvalue weighted by Gasteiger charge is 2.60. The molecule has 5 heteroatoms. The van der Waals surface area contributed by atoms with E-state index < -0.39 is 5.54 Å². The average molecular weight is 279 g/mol. The third-order valence-corrected chi connectivity index (χ3v) is 5.56. The molecule has 5 nitrogen and oxygen atoms in total. The summed E-state index contributed by atoms with van der Waals surface area (Å²) in [4.78, 5) is 28.7. The molecule has 3 aliphatic rings. The summed E-state index contributed by atoms with van der Waals surface area (Å²) >= 11 is 0. The van der Waals surface area contributed by atoms with E-state index in [1.54, 1.807) is 4.90 Å². The van der Waals surface area contributed by atoms with Crippen LogP contribution >= 0.6 is 0 Å². The first-order chi connectivity index (χ1) is 9.38. The Morgan fingerprint density at radius 1 is 1.25 bits per heavy atom. The Kier molecular flexibility index (Phi) is 3.08. The lowest BCUT2D eigenvalue weighted by atomic mass is 9.90. The van der Waals surface area contributed by atoms with Gasteiger partial charge in [-0.1, -0.05) is 0 Å².